The number of hydrogen-bond acceptors (Lipinski definition) is 4. The van der Waals surface area contributed by atoms with Crippen molar-refractivity contribution < 1.29 is 14.3 Å². The van der Waals surface area contributed by atoms with E-state index < -0.39 is 5.97 Å². The number of carbonyl (C=O) groups excluding carboxylic acids is 2. The maximum absolute atomic E-state index is 13.6. The van der Waals surface area contributed by atoms with E-state index >= 15 is 0 Å². The summed E-state index contributed by atoms with van der Waals surface area (Å²) in [7, 11) is 1.30. The highest BCUT2D eigenvalue weighted by molar-refractivity contribution is 5.81. The summed E-state index contributed by atoms with van der Waals surface area (Å²) in [6.45, 7) is 4.20. The third kappa shape index (κ3) is 4.15. The molecule has 1 N–H and O–H groups in total. The van der Waals surface area contributed by atoms with Crippen LogP contribution in [0, 0.1) is 6.92 Å². The fourth-order valence-corrected chi connectivity index (χ4v) is 4.76. The second-order valence-corrected chi connectivity index (χ2v) is 8.80. The van der Waals surface area contributed by atoms with Crippen molar-refractivity contribution in [1.29, 1.82) is 0 Å². The van der Waals surface area contributed by atoms with Crippen molar-refractivity contribution in [3.05, 3.63) is 101 Å². The van der Waals surface area contributed by atoms with Gasteiger partial charge in [0.05, 0.1) is 36.8 Å². The van der Waals surface area contributed by atoms with Crippen molar-refractivity contribution in [2.45, 2.75) is 32.9 Å². The third-order valence-corrected chi connectivity index (χ3v) is 6.66. The number of nitrogens with one attached hydrogen (secondary N) is 1. The number of para-hydroxylation sites is 1. The topological polar surface area (TPSA) is 81.4 Å². The molecule has 1 aliphatic heterocycles. The van der Waals surface area contributed by atoms with E-state index in [1.807, 2.05) is 60.3 Å². The molecule has 0 saturated heterocycles. The molecule has 4 aromatic rings. The van der Waals surface area contributed by atoms with Crippen molar-refractivity contribution in [2.75, 3.05) is 13.7 Å². The molecule has 2 aromatic carbocycles. The molecule has 1 aliphatic rings. The molecule has 2 amide bonds. The van der Waals surface area contributed by atoms with E-state index in [2.05, 4.69) is 41.1 Å². The number of nitrogens with zero attached hydrogens (tertiary/aromatic N) is 4. The zero-order valence-electron chi connectivity index (χ0n) is 20.6. The molecule has 1 atom stereocenters. The SMILES string of the molecule is CCc1ccc([C@@H]2c3cccn3-c3c(c(C)nn3-c3ccccc3)CN2C(=O)NCC(=O)OC)cc1. The van der Waals surface area contributed by atoms with Crippen LogP contribution < -0.4 is 5.32 Å². The summed E-state index contributed by atoms with van der Waals surface area (Å²) < 4.78 is 8.78. The van der Waals surface area contributed by atoms with E-state index in [9.17, 15) is 9.59 Å². The van der Waals surface area contributed by atoms with E-state index in [-0.39, 0.29) is 18.6 Å². The Balaban J connectivity index is 1.68. The van der Waals surface area contributed by atoms with Crippen molar-refractivity contribution in [1.82, 2.24) is 24.6 Å². The van der Waals surface area contributed by atoms with Crippen LogP contribution in [0.25, 0.3) is 11.5 Å². The number of methoxy groups -OCH3 is 1. The molecule has 2 aromatic heterocycles. The van der Waals surface area contributed by atoms with Crippen molar-refractivity contribution in [3.8, 4) is 11.5 Å². The number of benzene rings is 2. The quantitative estimate of drug-likeness (QED) is 0.429. The van der Waals surface area contributed by atoms with Gasteiger partial charge in [0.25, 0.3) is 0 Å². The Morgan fingerprint density at radius 2 is 1.81 bits per heavy atom. The molecule has 0 fully saturated rings. The first-order chi connectivity index (χ1) is 17.5. The minimum absolute atomic E-state index is 0.205. The maximum atomic E-state index is 13.6. The fraction of sp³-hybridized carbons (Fsp3) is 0.250. The Labute approximate surface area is 210 Å². The zero-order chi connectivity index (χ0) is 25.2. The van der Waals surface area contributed by atoms with Crippen LogP contribution in [0.3, 0.4) is 0 Å². The minimum Gasteiger partial charge on any atom is -0.468 e. The first-order valence-corrected chi connectivity index (χ1v) is 12.0. The number of aromatic nitrogens is 3. The van der Waals surface area contributed by atoms with Gasteiger partial charge >= 0.3 is 12.0 Å². The van der Waals surface area contributed by atoms with Gasteiger partial charge in [-0.05, 0) is 48.7 Å². The number of aryl methyl sites for hydroxylation is 2. The van der Waals surface area contributed by atoms with Crippen LogP contribution in [0.2, 0.25) is 0 Å². The molecule has 8 nitrogen and oxygen atoms in total. The van der Waals surface area contributed by atoms with Crippen LogP contribution in [-0.4, -0.2) is 44.9 Å². The Morgan fingerprint density at radius 1 is 1.06 bits per heavy atom. The number of urea groups is 1. The highest BCUT2D eigenvalue weighted by Gasteiger charge is 2.36. The monoisotopic (exact) mass is 483 g/mol. The van der Waals surface area contributed by atoms with Gasteiger partial charge in [0.2, 0.25) is 0 Å². The Hall–Kier alpha value is -4.33. The predicted octanol–water partition coefficient (Wildman–Crippen LogP) is 4.32. The minimum atomic E-state index is -0.501. The van der Waals surface area contributed by atoms with Crippen LogP contribution in [0.15, 0.2) is 72.9 Å². The van der Waals surface area contributed by atoms with E-state index in [0.29, 0.717) is 6.54 Å². The summed E-state index contributed by atoms with van der Waals surface area (Å²) in [5, 5.41) is 7.59. The lowest BCUT2D eigenvalue weighted by Gasteiger charge is -2.31. The molecule has 0 aliphatic carbocycles. The summed E-state index contributed by atoms with van der Waals surface area (Å²) >= 11 is 0. The lowest BCUT2D eigenvalue weighted by Crippen LogP contribution is -2.44. The van der Waals surface area contributed by atoms with Crippen LogP contribution in [0.4, 0.5) is 4.79 Å². The Bertz CT molecular complexity index is 1390. The average Bonchev–Trinajstić information content (AvgIpc) is 3.48. The predicted molar refractivity (Wildman–Crippen MR) is 136 cm³/mol. The fourth-order valence-electron chi connectivity index (χ4n) is 4.76. The number of ether oxygens (including phenoxy) is 1. The standard InChI is InChI=1S/C28H29N5O3/c1-4-20-12-14-21(15-13-20)26-24-11-8-16-31(24)27-23(18-32(26)28(35)29-17-25(34)36-3)19(2)30-33(27)22-9-6-5-7-10-22/h5-16,26H,4,17-18H2,1-3H3,(H,29,35)/t26-/m1/s1. The first kappa shape index (κ1) is 23.4. The molecule has 0 saturated carbocycles. The van der Waals surface area contributed by atoms with Gasteiger partial charge in [-0.25, -0.2) is 9.48 Å². The Kier molecular flexibility index (Phi) is 6.33. The summed E-state index contributed by atoms with van der Waals surface area (Å²) in [6, 6.07) is 21.6. The van der Waals surface area contributed by atoms with Crippen LogP contribution in [0.5, 0.6) is 0 Å². The Morgan fingerprint density at radius 3 is 2.50 bits per heavy atom. The van der Waals surface area contributed by atoms with E-state index in [1.165, 1.54) is 12.7 Å². The number of hydrogen-bond donors (Lipinski definition) is 1. The highest BCUT2D eigenvalue weighted by atomic mass is 16.5. The number of amides is 2. The molecule has 3 heterocycles. The first-order valence-electron chi connectivity index (χ1n) is 12.0. The van der Waals surface area contributed by atoms with Gasteiger partial charge in [-0.1, -0.05) is 49.4 Å². The molecular formula is C28H29N5O3. The second-order valence-electron chi connectivity index (χ2n) is 8.80. The van der Waals surface area contributed by atoms with E-state index in [4.69, 9.17) is 9.84 Å². The molecule has 5 rings (SSSR count). The van der Waals surface area contributed by atoms with Gasteiger partial charge in [-0.15, -0.1) is 0 Å². The number of fused-ring (bicyclic) bond motifs is 3. The molecule has 36 heavy (non-hydrogen) atoms. The molecule has 0 unspecified atom stereocenters. The summed E-state index contributed by atoms with van der Waals surface area (Å²) in [5.74, 6) is 0.399. The summed E-state index contributed by atoms with van der Waals surface area (Å²) in [4.78, 5) is 27.1. The van der Waals surface area contributed by atoms with Gasteiger partial charge in [-0.2, -0.15) is 5.10 Å². The largest absolute Gasteiger partial charge is 0.468 e. The number of carbonyl (C=O) groups is 2. The zero-order valence-corrected chi connectivity index (χ0v) is 20.6. The van der Waals surface area contributed by atoms with Gasteiger partial charge in [-0.3, -0.25) is 4.79 Å². The summed E-state index contributed by atoms with van der Waals surface area (Å²) in [6.07, 6.45) is 2.94. The van der Waals surface area contributed by atoms with Gasteiger partial charge in [0.15, 0.2) is 0 Å². The van der Waals surface area contributed by atoms with Gasteiger partial charge < -0.3 is 19.5 Å². The van der Waals surface area contributed by atoms with Gasteiger partial charge in [0.1, 0.15) is 12.4 Å². The molecule has 8 heteroatoms. The molecule has 184 valence electrons. The maximum Gasteiger partial charge on any atom is 0.325 e. The van der Waals surface area contributed by atoms with Crippen molar-refractivity contribution in [3.63, 3.8) is 0 Å². The van der Waals surface area contributed by atoms with Crippen molar-refractivity contribution >= 4 is 12.0 Å². The lowest BCUT2D eigenvalue weighted by atomic mass is 10.00. The molecule has 0 radical (unpaired) electrons. The third-order valence-electron chi connectivity index (χ3n) is 6.66. The molecule has 0 spiro atoms. The van der Waals surface area contributed by atoms with Gasteiger partial charge in [0, 0.05) is 11.8 Å². The second kappa shape index (κ2) is 9.73. The summed E-state index contributed by atoms with van der Waals surface area (Å²) in [5.41, 5.74) is 5.86. The molecule has 0 bridgehead atoms. The van der Waals surface area contributed by atoms with E-state index in [1.54, 1.807) is 4.90 Å². The number of esters is 1. The smallest absolute Gasteiger partial charge is 0.325 e. The van der Waals surface area contributed by atoms with Crippen LogP contribution in [0.1, 0.15) is 41.0 Å². The average molecular weight is 484 g/mol. The van der Waals surface area contributed by atoms with Crippen LogP contribution >= 0.6 is 0 Å². The highest BCUT2D eigenvalue weighted by Crippen LogP contribution is 2.38. The lowest BCUT2D eigenvalue weighted by molar-refractivity contribution is -0.139. The molecular weight excluding hydrogens is 454 g/mol. The van der Waals surface area contributed by atoms with Crippen molar-refractivity contribution in [2.24, 2.45) is 0 Å². The van der Waals surface area contributed by atoms with E-state index in [0.717, 1.165) is 40.4 Å². The number of rotatable bonds is 5. The van der Waals surface area contributed by atoms with Crippen LogP contribution in [-0.2, 0) is 22.5 Å². The normalized spacial score (nSPS) is 14.5.